The van der Waals surface area contributed by atoms with Crippen molar-refractivity contribution in [3.8, 4) is 0 Å². The fourth-order valence-corrected chi connectivity index (χ4v) is 1.69. The van der Waals surface area contributed by atoms with Crippen molar-refractivity contribution < 1.29 is 14.4 Å². The summed E-state index contributed by atoms with van der Waals surface area (Å²) in [6.45, 7) is -0.397. The zero-order chi connectivity index (χ0) is 14.0. The largest absolute Gasteiger partial charge is 0.329 e. The van der Waals surface area contributed by atoms with E-state index in [0.29, 0.717) is 5.69 Å². The summed E-state index contributed by atoms with van der Waals surface area (Å²) in [6, 6.07) is 2.20. The number of urea groups is 1. The molecule has 0 atom stereocenters. The van der Waals surface area contributed by atoms with Gasteiger partial charge in [0.2, 0.25) is 11.5 Å². The highest BCUT2D eigenvalue weighted by atomic mass is 16.2. The standard InChI is InChI=1S/C11H12N4O4/c1-14-6-10(18)15(11(14)19)5-9(17)13-7-2-3-12-8(16)4-7/h2-4H,5-6H2,1H3,(H2,12,13,16,17). The number of nitrogens with one attached hydrogen (secondary N) is 2. The van der Waals surface area contributed by atoms with Gasteiger partial charge in [-0.25, -0.2) is 4.79 Å². The Morgan fingerprint density at radius 2 is 2.16 bits per heavy atom. The second-order valence-electron chi connectivity index (χ2n) is 4.11. The highest BCUT2D eigenvalue weighted by molar-refractivity contribution is 6.06. The molecule has 1 aliphatic rings. The molecule has 0 unspecified atom stereocenters. The molecule has 2 heterocycles. The predicted octanol–water partition coefficient (Wildman–Crippen LogP) is -0.793. The summed E-state index contributed by atoms with van der Waals surface area (Å²) in [5.41, 5.74) is -0.0490. The smallest absolute Gasteiger partial charge is 0.327 e. The van der Waals surface area contributed by atoms with Crippen LogP contribution in [0, 0.1) is 0 Å². The minimum Gasteiger partial charge on any atom is -0.329 e. The molecule has 0 saturated carbocycles. The molecule has 1 aromatic heterocycles. The number of carbonyl (C=O) groups is 3. The number of imide groups is 1. The van der Waals surface area contributed by atoms with Crippen molar-refractivity contribution in [2.24, 2.45) is 0 Å². The molecule has 4 amide bonds. The molecular weight excluding hydrogens is 252 g/mol. The molecule has 2 N–H and O–H groups in total. The molecule has 100 valence electrons. The van der Waals surface area contributed by atoms with Gasteiger partial charge in [-0.3, -0.25) is 19.3 Å². The fourth-order valence-electron chi connectivity index (χ4n) is 1.69. The number of carbonyl (C=O) groups excluding carboxylic acids is 3. The van der Waals surface area contributed by atoms with E-state index in [0.717, 1.165) is 4.90 Å². The van der Waals surface area contributed by atoms with Crippen LogP contribution in [-0.2, 0) is 9.59 Å². The summed E-state index contributed by atoms with van der Waals surface area (Å²) in [5, 5.41) is 2.44. The van der Waals surface area contributed by atoms with Crippen LogP contribution in [0.1, 0.15) is 0 Å². The molecule has 19 heavy (non-hydrogen) atoms. The number of aromatic amines is 1. The molecule has 1 aromatic rings. The van der Waals surface area contributed by atoms with Crippen molar-refractivity contribution in [3.05, 3.63) is 28.7 Å². The first-order valence-corrected chi connectivity index (χ1v) is 5.51. The quantitative estimate of drug-likeness (QED) is 0.698. The minimum atomic E-state index is -0.539. The van der Waals surface area contributed by atoms with Gasteiger partial charge in [-0.05, 0) is 6.07 Å². The number of likely N-dealkylation sites (N-methyl/N-ethyl adjacent to an activating group) is 1. The number of pyridine rings is 1. The lowest BCUT2D eigenvalue weighted by Crippen LogP contribution is -2.38. The van der Waals surface area contributed by atoms with Crippen molar-refractivity contribution in [1.29, 1.82) is 0 Å². The highest BCUT2D eigenvalue weighted by Crippen LogP contribution is 2.08. The second-order valence-corrected chi connectivity index (χ2v) is 4.11. The average Bonchev–Trinajstić information content (AvgIpc) is 2.56. The zero-order valence-corrected chi connectivity index (χ0v) is 10.2. The highest BCUT2D eigenvalue weighted by Gasteiger charge is 2.34. The second kappa shape index (κ2) is 4.92. The number of H-pyrrole nitrogens is 1. The molecule has 2 rings (SSSR count). The van der Waals surface area contributed by atoms with Crippen molar-refractivity contribution in [2.45, 2.75) is 0 Å². The molecule has 1 saturated heterocycles. The molecule has 8 heteroatoms. The van der Waals surface area contributed by atoms with E-state index in [-0.39, 0.29) is 18.6 Å². The number of nitrogens with zero attached hydrogens (tertiary/aromatic N) is 2. The first-order chi connectivity index (χ1) is 8.97. The Hall–Kier alpha value is -2.64. The SMILES string of the molecule is CN1CC(=O)N(CC(=O)Nc2cc[nH]c(=O)c2)C1=O. The summed E-state index contributed by atoms with van der Waals surface area (Å²) >= 11 is 0. The van der Waals surface area contributed by atoms with E-state index in [1.807, 2.05) is 0 Å². The van der Waals surface area contributed by atoms with E-state index < -0.39 is 17.8 Å². The third-order valence-corrected chi connectivity index (χ3v) is 2.59. The first kappa shape index (κ1) is 12.8. The van der Waals surface area contributed by atoms with Gasteiger partial charge in [-0.1, -0.05) is 0 Å². The van der Waals surface area contributed by atoms with Crippen molar-refractivity contribution >= 4 is 23.5 Å². The number of aromatic nitrogens is 1. The predicted molar refractivity (Wildman–Crippen MR) is 65.4 cm³/mol. The van der Waals surface area contributed by atoms with Gasteiger partial charge in [-0.15, -0.1) is 0 Å². The monoisotopic (exact) mass is 264 g/mol. The maximum atomic E-state index is 11.7. The van der Waals surface area contributed by atoms with Gasteiger partial charge < -0.3 is 15.2 Å². The van der Waals surface area contributed by atoms with E-state index in [1.165, 1.54) is 30.3 Å². The van der Waals surface area contributed by atoms with E-state index >= 15 is 0 Å². The number of hydrogen-bond acceptors (Lipinski definition) is 4. The third kappa shape index (κ3) is 2.79. The number of rotatable bonds is 3. The third-order valence-electron chi connectivity index (χ3n) is 2.59. The molecule has 0 aromatic carbocycles. The van der Waals surface area contributed by atoms with Gasteiger partial charge in [-0.2, -0.15) is 0 Å². The van der Waals surface area contributed by atoms with Gasteiger partial charge in [0.25, 0.3) is 5.91 Å². The summed E-state index contributed by atoms with van der Waals surface area (Å²) in [7, 11) is 1.48. The maximum Gasteiger partial charge on any atom is 0.327 e. The lowest BCUT2D eigenvalue weighted by Gasteiger charge is -2.13. The van der Waals surface area contributed by atoms with Gasteiger partial charge in [0.05, 0.1) is 0 Å². The van der Waals surface area contributed by atoms with Crippen LogP contribution in [0.4, 0.5) is 10.5 Å². The Bertz CT molecular complexity index is 594. The van der Waals surface area contributed by atoms with Crippen LogP contribution in [0.15, 0.2) is 23.1 Å². The van der Waals surface area contributed by atoms with Crippen molar-refractivity contribution in [3.63, 3.8) is 0 Å². The van der Waals surface area contributed by atoms with Crippen LogP contribution in [0.3, 0.4) is 0 Å². The van der Waals surface area contributed by atoms with Crippen molar-refractivity contribution in [1.82, 2.24) is 14.8 Å². The Labute approximate surface area is 108 Å². The summed E-state index contributed by atoms with van der Waals surface area (Å²) in [4.78, 5) is 50.2. The summed E-state index contributed by atoms with van der Waals surface area (Å²) in [5.74, 6) is -0.962. The molecule has 0 radical (unpaired) electrons. The topological polar surface area (TPSA) is 103 Å². The van der Waals surface area contributed by atoms with Crippen LogP contribution in [0.5, 0.6) is 0 Å². The molecule has 1 fully saturated rings. The fraction of sp³-hybridized carbons (Fsp3) is 0.273. The molecular formula is C11H12N4O4. The van der Waals surface area contributed by atoms with Gasteiger partial charge in [0.15, 0.2) is 0 Å². The number of amides is 4. The minimum absolute atomic E-state index is 0.0306. The Kier molecular flexibility index (Phi) is 3.32. The van der Waals surface area contributed by atoms with E-state index in [1.54, 1.807) is 0 Å². The van der Waals surface area contributed by atoms with Crippen LogP contribution in [0.2, 0.25) is 0 Å². The summed E-state index contributed by atoms with van der Waals surface area (Å²) < 4.78 is 0. The number of anilines is 1. The van der Waals surface area contributed by atoms with E-state index in [2.05, 4.69) is 10.3 Å². The molecule has 8 nitrogen and oxygen atoms in total. The number of hydrogen-bond donors (Lipinski definition) is 2. The molecule has 0 spiro atoms. The lowest BCUT2D eigenvalue weighted by atomic mass is 10.4. The molecule has 0 aliphatic carbocycles. The zero-order valence-electron chi connectivity index (χ0n) is 10.2. The average molecular weight is 264 g/mol. The van der Waals surface area contributed by atoms with Crippen LogP contribution in [-0.4, -0.2) is 52.8 Å². The maximum absolute atomic E-state index is 11.7. The van der Waals surface area contributed by atoms with Crippen molar-refractivity contribution in [2.75, 3.05) is 25.5 Å². The lowest BCUT2D eigenvalue weighted by molar-refractivity contribution is -0.129. The molecule has 0 bridgehead atoms. The van der Waals surface area contributed by atoms with Gasteiger partial charge in [0.1, 0.15) is 13.1 Å². The van der Waals surface area contributed by atoms with E-state index in [4.69, 9.17) is 0 Å². The first-order valence-electron chi connectivity index (χ1n) is 5.51. The van der Waals surface area contributed by atoms with Crippen LogP contribution < -0.4 is 10.9 Å². The van der Waals surface area contributed by atoms with E-state index in [9.17, 15) is 19.2 Å². The Morgan fingerprint density at radius 3 is 2.74 bits per heavy atom. The summed E-state index contributed by atoms with van der Waals surface area (Å²) in [6.07, 6.45) is 1.39. The Balaban J connectivity index is 2.00. The van der Waals surface area contributed by atoms with Gasteiger partial charge >= 0.3 is 6.03 Å². The van der Waals surface area contributed by atoms with Gasteiger partial charge in [0, 0.05) is 25.0 Å². The van der Waals surface area contributed by atoms with Crippen LogP contribution in [0.25, 0.3) is 0 Å². The molecule has 1 aliphatic heterocycles. The Morgan fingerprint density at radius 1 is 1.42 bits per heavy atom. The normalized spacial score (nSPS) is 15.0. The van der Waals surface area contributed by atoms with Crippen LogP contribution >= 0.6 is 0 Å².